The van der Waals surface area contributed by atoms with Crippen LogP contribution in [0, 0.1) is 6.92 Å². The van der Waals surface area contributed by atoms with Crippen molar-refractivity contribution < 1.29 is 14.3 Å². The van der Waals surface area contributed by atoms with E-state index in [1.807, 2.05) is 39.0 Å². The summed E-state index contributed by atoms with van der Waals surface area (Å²) in [5, 5.41) is 4.53. The van der Waals surface area contributed by atoms with Crippen LogP contribution in [0.2, 0.25) is 0 Å². The third-order valence-corrected chi connectivity index (χ3v) is 9.23. The van der Waals surface area contributed by atoms with E-state index in [0.717, 1.165) is 46.6 Å². The van der Waals surface area contributed by atoms with Gasteiger partial charge in [0.2, 0.25) is 5.91 Å². The highest BCUT2D eigenvalue weighted by Crippen LogP contribution is 2.39. The maximum absolute atomic E-state index is 13.4. The third kappa shape index (κ3) is 5.69. The van der Waals surface area contributed by atoms with Gasteiger partial charge in [0.25, 0.3) is 5.56 Å². The van der Waals surface area contributed by atoms with Crippen molar-refractivity contribution in [1.29, 1.82) is 0 Å². The van der Waals surface area contributed by atoms with Crippen molar-refractivity contribution in [2.75, 3.05) is 11.1 Å². The number of aryl methyl sites for hydroxylation is 2. The molecule has 0 saturated carbocycles. The van der Waals surface area contributed by atoms with Crippen LogP contribution in [0.15, 0.2) is 40.5 Å². The Morgan fingerprint density at radius 1 is 1.24 bits per heavy atom. The normalized spacial score (nSPS) is 13.1. The van der Waals surface area contributed by atoms with Gasteiger partial charge in [0.05, 0.1) is 29.4 Å². The second-order valence-electron chi connectivity index (χ2n) is 9.43. The highest BCUT2D eigenvalue weighted by atomic mass is 32.2. The summed E-state index contributed by atoms with van der Waals surface area (Å²) in [5.74, 6) is -0.624. The van der Waals surface area contributed by atoms with Crippen molar-refractivity contribution in [3.63, 3.8) is 0 Å². The number of amides is 1. The first-order valence-corrected chi connectivity index (χ1v) is 15.1. The van der Waals surface area contributed by atoms with E-state index in [9.17, 15) is 14.4 Å². The molecule has 1 amide bonds. The molecular formula is C27H28N4O4S3. The molecule has 0 bridgehead atoms. The van der Waals surface area contributed by atoms with Gasteiger partial charge in [0, 0.05) is 22.1 Å². The number of rotatable bonds is 8. The molecular weight excluding hydrogens is 541 g/mol. The van der Waals surface area contributed by atoms with Crippen LogP contribution in [0.1, 0.15) is 57.9 Å². The maximum atomic E-state index is 13.4. The number of thioether (sulfide) groups is 1. The molecule has 0 radical (unpaired) electrons. The number of carbonyl (C=O) groups is 2. The van der Waals surface area contributed by atoms with Crippen molar-refractivity contribution >= 4 is 61.5 Å². The Labute approximate surface area is 232 Å². The predicted octanol–water partition coefficient (Wildman–Crippen LogP) is 5.45. The van der Waals surface area contributed by atoms with E-state index in [4.69, 9.17) is 9.72 Å². The number of carbonyl (C=O) groups excluding carboxylic acids is 2. The van der Waals surface area contributed by atoms with Crippen molar-refractivity contribution in [3.05, 3.63) is 67.4 Å². The average Bonchev–Trinajstić information content (AvgIpc) is 3.44. The summed E-state index contributed by atoms with van der Waals surface area (Å²) in [7, 11) is 0. The van der Waals surface area contributed by atoms with Gasteiger partial charge < -0.3 is 10.1 Å². The molecule has 4 aromatic rings. The van der Waals surface area contributed by atoms with E-state index in [-0.39, 0.29) is 23.3 Å². The zero-order valence-corrected chi connectivity index (χ0v) is 23.9. The van der Waals surface area contributed by atoms with Crippen LogP contribution in [0.4, 0.5) is 5.00 Å². The van der Waals surface area contributed by atoms with E-state index in [2.05, 4.69) is 10.3 Å². The number of thiophene rings is 2. The first kappa shape index (κ1) is 26.6. The van der Waals surface area contributed by atoms with Crippen molar-refractivity contribution in [2.24, 2.45) is 0 Å². The minimum Gasteiger partial charge on any atom is -0.459 e. The highest BCUT2D eigenvalue weighted by Gasteiger charge is 2.28. The fourth-order valence-electron chi connectivity index (χ4n) is 4.48. The molecule has 5 rings (SSSR count). The lowest BCUT2D eigenvalue weighted by molar-refractivity contribution is -0.113. The number of ether oxygens (including phenoxy) is 1. The van der Waals surface area contributed by atoms with Crippen LogP contribution in [-0.4, -0.2) is 38.3 Å². The lowest BCUT2D eigenvalue weighted by atomic mass is 9.95. The van der Waals surface area contributed by atoms with Gasteiger partial charge in [-0.1, -0.05) is 17.8 Å². The quantitative estimate of drug-likeness (QED) is 0.171. The first-order valence-electron chi connectivity index (χ1n) is 12.5. The summed E-state index contributed by atoms with van der Waals surface area (Å²) in [6.07, 6.45) is 6.94. The summed E-state index contributed by atoms with van der Waals surface area (Å²) >= 11 is 4.12. The van der Waals surface area contributed by atoms with Crippen molar-refractivity contribution in [3.8, 4) is 0 Å². The topological polar surface area (TPSA) is 103 Å². The van der Waals surface area contributed by atoms with Gasteiger partial charge in [-0.05, 0) is 69.7 Å². The smallest absolute Gasteiger partial charge is 0.341 e. The number of aromatic nitrogens is 3. The van der Waals surface area contributed by atoms with Crippen molar-refractivity contribution in [2.45, 2.75) is 64.3 Å². The minimum absolute atomic E-state index is 0.0383. The van der Waals surface area contributed by atoms with Crippen LogP contribution < -0.4 is 10.9 Å². The molecule has 0 spiro atoms. The zero-order valence-electron chi connectivity index (χ0n) is 21.4. The van der Waals surface area contributed by atoms with Crippen LogP contribution in [0.3, 0.4) is 0 Å². The number of esters is 1. The van der Waals surface area contributed by atoms with Gasteiger partial charge in [-0.25, -0.2) is 9.78 Å². The Morgan fingerprint density at radius 2 is 2.05 bits per heavy atom. The predicted molar refractivity (Wildman–Crippen MR) is 153 cm³/mol. The third-order valence-electron chi connectivity index (χ3n) is 6.11. The summed E-state index contributed by atoms with van der Waals surface area (Å²) in [5.41, 5.74) is 2.21. The zero-order chi connectivity index (χ0) is 26.8. The van der Waals surface area contributed by atoms with Crippen LogP contribution in [-0.2, 0) is 28.9 Å². The highest BCUT2D eigenvalue weighted by molar-refractivity contribution is 7.99. The molecule has 0 saturated heterocycles. The molecule has 38 heavy (non-hydrogen) atoms. The molecule has 1 N–H and O–H groups in total. The van der Waals surface area contributed by atoms with Gasteiger partial charge in [-0.15, -0.1) is 22.7 Å². The molecule has 1 aliphatic rings. The molecule has 0 fully saturated rings. The SMILES string of the molecule is Cc1cc2c(=O)n(Cc3cccnc3)c(SCC(=O)Nc3sc4c(c3C(=O)OC(C)C)CCCC4)nc2s1. The second-order valence-corrected chi connectivity index (χ2v) is 12.7. The van der Waals surface area contributed by atoms with Gasteiger partial charge in [0.1, 0.15) is 9.83 Å². The standard InChI is InChI=1S/C27H28N4O4S3/c1-15(2)35-26(34)22-18-8-4-5-9-20(18)38-24(22)29-21(32)14-36-27-30-23-19(11-16(3)37-23)25(33)31(27)13-17-7-6-10-28-12-17/h6-7,10-12,15H,4-5,8-9,13-14H2,1-3H3,(H,29,32). The van der Waals surface area contributed by atoms with Gasteiger partial charge >= 0.3 is 5.97 Å². The first-order chi connectivity index (χ1) is 18.3. The molecule has 11 heteroatoms. The van der Waals surface area contributed by atoms with E-state index < -0.39 is 5.97 Å². The summed E-state index contributed by atoms with van der Waals surface area (Å²) in [6, 6.07) is 5.58. The Morgan fingerprint density at radius 3 is 2.82 bits per heavy atom. The number of nitrogens with zero attached hydrogens (tertiary/aromatic N) is 3. The van der Waals surface area contributed by atoms with Crippen LogP contribution in [0.5, 0.6) is 0 Å². The summed E-state index contributed by atoms with van der Waals surface area (Å²) in [4.78, 5) is 51.1. The van der Waals surface area contributed by atoms with E-state index in [1.165, 1.54) is 34.4 Å². The Balaban J connectivity index is 1.40. The fraction of sp³-hybridized carbons (Fsp3) is 0.370. The minimum atomic E-state index is -0.396. The Hall–Kier alpha value is -3.02. The molecule has 0 aliphatic heterocycles. The molecule has 0 unspecified atom stereocenters. The average molecular weight is 569 g/mol. The maximum Gasteiger partial charge on any atom is 0.341 e. The van der Waals surface area contributed by atoms with E-state index in [0.29, 0.717) is 32.5 Å². The largest absolute Gasteiger partial charge is 0.459 e. The fourth-order valence-corrected chi connectivity index (χ4v) is 7.49. The Bertz CT molecular complexity index is 1560. The van der Waals surface area contributed by atoms with Crippen molar-refractivity contribution in [1.82, 2.24) is 14.5 Å². The van der Waals surface area contributed by atoms with Gasteiger partial charge in [0.15, 0.2) is 5.16 Å². The number of anilines is 1. The van der Waals surface area contributed by atoms with Crippen LogP contribution >= 0.6 is 34.4 Å². The number of nitrogens with one attached hydrogen (secondary N) is 1. The number of pyridine rings is 1. The number of fused-ring (bicyclic) bond motifs is 2. The van der Waals surface area contributed by atoms with Crippen LogP contribution in [0.25, 0.3) is 10.2 Å². The molecule has 4 aromatic heterocycles. The summed E-state index contributed by atoms with van der Waals surface area (Å²) in [6.45, 7) is 5.88. The van der Waals surface area contributed by atoms with Gasteiger partial charge in [-0.3, -0.25) is 19.1 Å². The Kier molecular flexibility index (Phi) is 7.96. The monoisotopic (exact) mass is 568 g/mol. The second kappa shape index (κ2) is 11.4. The number of hydrogen-bond acceptors (Lipinski definition) is 9. The molecule has 1 aliphatic carbocycles. The number of hydrogen-bond donors (Lipinski definition) is 1. The van der Waals surface area contributed by atoms with Gasteiger partial charge in [-0.2, -0.15) is 0 Å². The summed E-state index contributed by atoms with van der Waals surface area (Å²) < 4.78 is 7.10. The molecule has 0 atom stereocenters. The molecule has 8 nitrogen and oxygen atoms in total. The van der Waals surface area contributed by atoms with E-state index in [1.54, 1.807) is 17.0 Å². The lowest BCUT2D eigenvalue weighted by Crippen LogP contribution is -2.24. The molecule has 4 heterocycles. The molecule has 198 valence electrons. The van der Waals surface area contributed by atoms with E-state index >= 15 is 0 Å². The molecule has 0 aromatic carbocycles. The lowest BCUT2D eigenvalue weighted by Gasteiger charge is -2.14.